The molecule has 0 radical (unpaired) electrons. The summed E-state index contributed by atoms with van der Waals surface area (Å²) in [4.78, 5) is 4.54. The summed E-state index contributed by atoms with van der Waals surface area (Å²) >= 11 is 11.0. The zero-order valence-electron chi connectivity index (χ0n) is 10.4. The number of fused-ring (bicyclic) bond motifs is 1. The second-order valence-electron chi connectivity index (χ2n) is 4.46. The zero-order chi connectivity index (χ0) is 14.1. The van der Waals surface area contributed by atoms with Gasteiger partial charge in [0, 0.05) is 15.9 Å². The molecule has 1 heterocycles. The van der Waals surface area contributed by atoms with Crippen LogP contribution in [-0.4, -0.2) is 10.1 Å². The van der Waals surface area contributed by atoms with Crippen molar-refractivity contribution in [2.24, 2.45) is 0 Å². The highest BCUT2D eigenvalue weighted by atomic mass is 79.9. The normalized spacial score (nSPS) is 12.8. The van der Waals surface area contributed by atoms with Crippen LogP contribution in [0.3, 0.4) is 0 Å². The smallest absolute Gasteiger partial charge is 0.0967 e. The number of halogens is 2. The fraction of sp³-hybridized carbons (Fsp3) is 0.133. The molecule has 1 N–H and O–H groups in total. The van der Waals surface area contributed by atoms with Crippen molar-refractivity contribution in [1.29, 1.82) is 0 Å². The number of hydrogen-bond donors (Lipinski definition) is 1. The lowest BCUT2D eigenvalue weighted by molar-refractivity contribution is 0.177. The van der Waals surface area contributed by atoms with Crippen LogP contribution in [0.25, 0.3) is 10.2 Å². The van der Waals surface area contributed by atoms with Crippen molar-refractivity contribution in [2.45, 2.75) is 12.5 Å². The van der Waals surface area contributed by atoms with Gasteiger partial charge in [0.25, 0.3) is 0 Å². The average molecular weight is 369 g/mol. The molecular weight excluding hydrogens is 358 g/mol. The van der Waals surface area contributed by atoms with Crippen LogP contribution in [0.15, 0.2) is 46.9 Å². The molecule has 2 aromatic carbocycles. The minimum atomic E-state index is -0.595. The van der Waals surface area contributed by atoms with Crippen molar-refractivity contribution in [1.82, 2.24) is 4.98 Å². The van der Waals surface area contributed by atoms with Gasteiger partial charge in [-0.3, -0.25) is 0 Å². The number of rotatable bonds is 3. The maximum absolute atomic E-state index is 10.4. The van der Waals surface area contributed by atoms with Crippen molar-refractivity contribution >= 4 is 49.1 Å². The first-order chi connectivity index (χ1) is 9.63. The van der Waals surface area contributed by atoms with Crippen molar-refractivity contribution in [3.05, 3.63) is 62.5 Å². The van der Waals surface area contributed by atoms with Gasteiger partial charge in [0.15, 0.2) is 0 Å². The molecule has 5 heteroatoms. The van der Waals surface area contributed by atoms with Gasteiger partial charge in [0.2, 0.25) is 0 Å². The quantitative estimate of drug-likeness (QED) is 0.706. The number of hydrogen-bond acceptors (Lipinski definition) is 3. The Labute approximate surface area is 134 Å². The average Bonchev–Trinajstić information content (AvgIpc) is 2.80. The van der Waals surface area contributed by atoms with E-state index in [-0.39, 0.29) is 0 Å². The number of nitrogens with zero attached hydrogens (tertiary/aromatic N) is 1. The van der Waals surface area contributed by atoms with E-state index in [1.165, 1.54) is 0 Å². The number of aliphatic hydroxyl groups excluding tert-OH is 1. The minimum absolute atomic E-state index is 0.500. The predicted octanol–water partition coefficient (Wildman–Crippen LogP) is 4.99. The molecule has 0 saturated heterocycles. The van der Waals surface area contributed by atoms with E-state index in [1.54, 1.807) is 23.5 Å². The highest BCUT2D eigenvalue weighted by Crippen LogP contribution is 2.30. The Balaban J connectivity index is 1.86. The van der Waals surface area contributed by atoms with Crippen LogP contribution >= 0.6 is 38.9 Å². The Morgan fingerprint density at radius 2 is 2.05 bits per heavy atom. The van der Waals surface area contributed by atoms with Crippen LogP contribution in [0, 0.1) is 0 Å². The van der Waals surface area contributed by atoms with Crippen LogP contribution in [-0.2, 0) is 6.42 Å². The fourth-order valence-corrected chi connectivity index (χ4v) is 4.01. The molecule has 0 amide bonds. The van der Waals surface area contributed by atoms with Crippen LogP contribution < -0.4 is 0 Å². The third-order valence-corrected chi connectivity index (χ3v) is 5.01. The van der Waals surface area contributed by atoms with Crippen molar-refractivity contribution in [3.63, 3.8) is 0 Å². The fourth-order valence-electron chi connectivity index (χ4n) is 2.05. The number of aromatic nitrogens is 1. The van der Waals surface area contributed by atoms with E-state index in [4.69, 9.17) is 11.6 Å². The number of aliphatic hydroxyl groups is 1. The summed E-state index contributed by atoms with van der Waals surface area (Å²) in [6.45, 7) is 0. The zero-order valence-corrected chi connectivity index (χ0v) is 13.5. The Bertz CT molecular complexity index is 725. The summed E-state index contributed by atoms with van der Waals surface area (Å²) < 4.78 is 1.96. The lowest BCUT2D eigenvalue weighted by Crippen LogP contribution is -2.02. The van der Waals surface area contributed by atoms with Gasteiger partial charge in [0.1, 0.15) is 0 Å². The van der Waals surface area contributed by atoms with E-state index in [1.807, 2.05) is 30.3 Å². The lowest BCUT2D eigenvalue weighted by atomic mass is 10.1. The lowest BCUT2D eigenvalue weighted by Gasteiger charge is -2.11. The summed E-state index contributed by atoms with van der Waals surface area (Å²) in [6, 6.07) is 13.4. The van der Waals surface area contributed by atoms with E-state index in [0.29, 0.717) is 11.4 Å². The van der Waals surface area contributed by atoms with E-state index >= 15 is 0 Å². The summed E-state index contributed by atoms with van der Waals surface area (Å²) in [7, 11) is 0. The SMILES string of the molecule is OC(Cc1nc2ccccc2s1)c1ccc(Cl)cc1Br. The Morgan fingerprint density at radius 1 is 1.25 bits per heavy atom. The van der Waals surface area contributed by atoms with Crippen LogP contribution in [0.4, 0.5) is 0 Å². The van der Waals surface area contributed by atoms with Gasteiger partial charge < -0.3 is 5.11 Å². The van der Waals surface area contributed by atoms with Gasteiger partial charge in [-0.15, -0.1) is 11.3 Å². The van der Waals surface area contributed by atoms with Crippen molar-refractivity contribution in [3.8, 4) is 0 Å². The van der Waals surface area contributed by atoms with Crippen molar-refractivity contribution in [2.75, 3.05) is 0 Å². The second kappa shape index (κ2) is 5.82. The van der Waals surface area contributed by atoms with E-state index in [0.717, 1.165) is 25.3 Å². The molecule has 1 atom stereocenters. The second-order valence-corrected chi connectivity index (χ2v) is 6.87. The van der Waals surface area contributed by atoms with Gasteiger partial charge in [-0.05, 0) is 29.8 Å². The van der Waals surface area contributed by atoms with Crippen LogP contribution in [0.5, 0.6) is 0 Å². The molecule has 3 rings (SSSR count). The topological polar surface area (TPSA) is 33.1 Å². The molecule has 0 bridgehead atoms. The summed E-state index contributed by atoms with van der Waals surface area (Å²) in [6.07, 6.45) is -0.0956. The standard InChI is InChI=1S/C15H11BrClNOS/c16-11-7-9(17)5-6-10(11)13(19)8-15-18-12-3-1-2-4-14(12)20-15/h1-7,13,19H,8H2. The summed E-state index contributed by atoms with van der Waals surface area (Å²) in [5.41, 5.74) is 1.81. The molecule has 0 aliphatic carbocycles. The van der Waals surface area contributed by atoms with Crippen LogP contribution in [0.1, 0.15) is 16.7 Å². The van der Waals surface area contributed by atoms with Gasteiger partial charge in [-0.2, -0.15) is 0 Å². The highest BCUT2D eigenvalue weighted by Gasteiger charge is 2.15. The molecule has 0 aliphatic rings. The Morgan fingerprint density at radius 3 is 2.80 bits per heavy atom. The molecular formula is C15H11BrClNOS. The first-order valence-corrected chi connectivity index (χ1v) is 8.09. The van der Waals surface area contributed by atoms with Crippen molar-refractivity contribution < 1.29 is 5.11 Å². The third-order valence-electron chi connectivity index (χ3n) is 3.03. The van der Waals surface area contributed by atoms with E-state index in [9.17, 15) is 5.11 Å². The largest absolute Gasteiger partial charge is 0.388 e. The monoisotopic (exact) mass is 367 g/mol. The highest BCUT2D eigenvalue weighted by molar-refractivity contribution is 9.10. The number of benzene rings is 2. The Hall–Kier alpha value is -0.940. The van der Waals surface area contributed by atoms with Gasteiger partial charge in [-0.25, -0.2) is 4.98 Å². The predicted molar refractivity (Wildman–Crippen MR) is 87.4 cm³/mol. The third kappa shape index (κ3) is 2.88. The minimum Gasteiger partial charge on any atom is -0.388 e. The maximum Gasteiger partial charge on any atom is 0.0967 e. The molecule has 1 aromatic heterocycles. The molecule has 2 nitrogen and oxygen atoms in total. The molecule has 102 valence electrons. The van der Waals surface area contributed by atoms with Gasteiger partial charge >= 0.3 is 0 Å². The molecule has 0 aliphatic heterocycles. The number of thiazole rings is 1. The van der Waals surface area contributed by atoms with Gasteiger partial charge in [-0.1, -0.05) is 45.7 Å². The maximum atomic E-state index is 10.4. The van der Waals surface area contributed by atoms with Crippen LogP contribution in [0.2, 0.25) is 5.02 Å². The van der Waals surface area contributed by atoms with Gasteiger partial charge in [0.05, 0.1) is 21.3 Å². The molecule has 0 saturated carbocycles. The number of para-hydroxylation sites is 1. The summed E-state index contributed by atoms with van der Waals surface area (Å²) in [5, 5.41) is 11.9. The molecule has 0 fully saturated rings. The first-order valence-electron chi connectivity index (χ1n) is 6.11. The Kier molecular flexibility index (Phi) is 4.08. The molecule has 20 heavy (non-hydrogen) atoms. The molecule has 3 aromatic rings. The summed E-state index contributed by atoms with van der Waals surface area (Å²) in [5.74, 6) is 0. The first kappa shape index (κ1) is 14.0. The molecule has 1 unspecified atom stereocenters. The van der Waals surface area contributed by atoms with E-state index in [2.05, 4.69) is 20.9 Å². The molecule has 0 spiro atoms. The van der Waals surface area contributed by atoms with E-state index < -0.39 is 6.10 Å².